The second kappa shape index (κ2) is 5.17. The molecule has 20 heavy (non-hydrogen) atoms. The minimum Gasteiger partial charge on any atom is -0.398 e. The Kier molecular flexibility index (Phi) is 3.57. The van der Waals surface area contributed by atoms with Crippen molar-refractivity contribution in [1.29, 1.82) is 0 Å². The monoisotopic (exact) mass is 295 g/mol. The molecule has 0 saturated carbocycles. The molecule has 0 unspecified atom stereocenters. The molecule has 0 amide bonds. The number of benzene rings is 1. The molecule has 1 heterocycles. The predicted octanol–water partition coefficient (Wildman–Crippen LogP) is 0.110. The number of nitrogen functional groups attached to an aromatic ring is 1. The van der Waals surface area contributed by atoms with Gasteiger partial charge >= 0.3 is 11.1 Å². The van der Waals surface area contributed by atoms with Gasteiger partial charge in [-0.25, -0.2) is 0 Å². The fraction of sp³-hybridized carbons (Fsp3) is 0.100. The second-order valence-corrected chi connectivity index (χ2v) is 4.86. The van der Waals surface area contributed by atoms with E-state index in [1.165, 1.54) is 29.9 Å². The summed E-state index contributed by atoms with van der Waals surface area (Å²) < 4.78 is 1.25. The molecule has 1 aromatic carbocycles. The van der Waals surface area contributed by atoms with Crippen LogP contribution in [0, 0.1) is 10.1 Å². The van der Waals surface area contributed by atoms with Gasteiger partial charge in [-0.2, -0.15) is 4.98 Å². The molecular formula is C10H9N5O4S. The Morgan fingerprint density at radius 3 is 2.75 bits per heavy atom. The molecule has 0 atom stereocenters. The smallest absolute Gasteiger partial charge is 0.339 e. The highest BCUT2D eigenvalue weighted by atomic mass is 32.2. The Morgan fingerprint density at radius 2 is 2.10 bits per heavy atom. The van der Waals surface area contributed by atoms with Crippen molar-refractivity contribution in [2.75, 3.05) is 5.73 Å². The van der Waals surface area contributed by atoms with Crippen LogP contribution in [0.5, 0.6) is 0 Å². The minimum atomic E-state index is -0.927. The molecule has 0 bridgehead atoms. The van der Waals surface area contributed by atoms with Crippen LogP contribution in [0.3, 0.4) is 0 Å². The number of nitrogens with one attached hydrogen (secondary N) is 1. The number of nitro benzene ring substituents is 1. The van der Waals surface area contributed by atoms with Crippen molar-refractivity contribution in [3.05, 3.63) is 49.0 Å². The van der Waals surface area contributed by atoms with Gasteiger partial charge in [-0.1, -0.05) is 0 Å². The maximum absolute atomic E-state index is 11.2. The molecule has 0 aliphatic carbocycles. The molecule has 0 saturated heterocycles. The summed E-state index contributed by atoms with van der Waals surface area (Å²) in [5, 5.41) is 13.2. The topological polar surface area (TPSA) is 137 Å². The molecule has 3 N–H and O–H groups in total. The first-order valence-corrected chi connectivity index (χ1v) is 6.08. The van der Waals surface area contributed by atoms with Gasteiger partial charge < -0.3 is 5.73 Å². The molecule has 0 spiro atoms. The zero-order valence-electron chi connectivity index (χ0n) is 10.2. The van der Waals surface area contributed by atoms with E-state index in [0.717, 1.165) is 11.8 Å². The summed E-state index contributed by atoms with van der Waals surface area (Å²) in [5.41, 5.74) is 3.87. The van der Waals surface area contributed by atoms with Gasteiger partial charge in [0, 0.05) is 29.8 Å². The molecule has 0 aliphatic heterocycles. The Morgan fingerprint density at radius 1 is 1.40 bits per heavy atom. The number of aromatic nitrogens is 3. The summed E-state index contributed by atoms with van der Waals surface area (Å²) >= 11 is 0.980. The van der Waals surface area contributed by atoms with Crippen molar-refractivity contribution in [2.45, 2.75) is 10.1 Å². The number of hydrogen-bond donors (Lipinski definition) is 2. The summed E-state index contributed by atoms with van der Waals surface area (Å²) in [6.45, 7) is 0. The van der Waals surface area contributed by atoms with Crippen LogP contribution in [0.15, 0.2) is 37.8 Å². The first kappa shape index (κ1) is 13.8. The number of rotatable bonds is 3. The fourth-order valence-corrected chi connectivity index (χ4v) is 2.32. The Labute approximate surface area is 115 Å². The van der Waals surface area contributed by atoms with Gasteiger partial charge in [0.2, 0.25) is 0 Å². The van der Waals surface area contributed by atoms with Gasteiger partial charge in [0.25, 0.3) is 5.69 Å². The predicted molar refractivity (Wildman–Crippen MR) is 71.7 cm³/mol. The maximum atomic E-state index is 11.2. The Balaban J connectivity index is 2.45. The van der Waals surface area contributed by atoms with E-state index < -0.39 is 16.0 Å². The number of aromatic amines is 1. The average Bonchev–Trinajstić information content (AvgIpc) is 2.35. The van der Waals surface area contributed by atoms with Crippen LogP contribution in [-0.4, -0.2) is 19.7 Å². The summed E-state index contributed by atoms with van der Waals surface area (Å²) in [6.07, 6.45) is 0. The third kappa shape index (κ3) is 2.85. The van der Waals surface area contributed by atoms with Gasteiger partial charge in [0.15, 0.2) is 5.16 Å². The van der Waals surface area contributed by atoms with E-state index in [2.05, 4.69) is 10.1 Å². The average molecular weight is 295 g/mol. The summed E-state index contributed by atoms with van der Waals surface area (Å²) in [6, 6.07) is 4.04. The van der Waals surface area contributed by atoms with E-state index >= 15 is 0 Å². The van der Waals surface area contributed by atoms with Crippen LogP contribution in [0.2, 0.25) is 0 Å². The van der Waals surface area contributed by atoms with Crippen molar-refractivity contribution in [2.24, 2.45) is 7.05 Å². The number of H-pyrrole nitrogens is 1. The molecule has 0 radical (unpaired) electrons. The van der Waals surface area contributed by atoms with Gasteiger partial charge in [0.1, 0.15) is 0 Å². The van der Waals surface area contributed by atoms with E-state index in [1.54, 1.807) is 0 Å². The zero-order valence-corrected chi connectivity index (χ0v) is 11.0. The Hall–Kier alpha value is -2.62. The highest BCUT2D eigenvalue weighted by Crippen LogP contribution is 2.29. The first-order valence-electron chi connectivity index (χ1n) is 5.27. The standard InChI is InChI=1S/C10H9N5O4S/c1-14-10(12-8(16)9(17)13-14)20-7-3-5(11)2-6(4-7)15(18)19/h2-4H,11H2,1H3,(H,13,17). The number of aryl methyl sites for hydroxylation is 1. The van der Waals surface area contributed by atoms with Crippen molar-refractivity contribution >= 4 is 23.1 Å². The van der Waals surface area contributed by atoms with Crippen molar-refractivity contribution in [1.82, 2.24) is 14.8 Å². The van der Waals surface area contributed by atoms with Gasteiger partial charge in [0.05, 0.1) is 4.92 Å². The SMILES string of the molecule is Cn1[nH]c(=O)c(=O)nc1Sc1cc(N)cc([N+](=O)[O-])c1. The summed E-state index contributed by atoms with van der Waals surface area (Å²) in [5.74, 6) is 0. The lowest BCUT2D eigenvalue weighted by atomic mass is 10.3. The van der Waals surface area contributed by atoms with Crippen LogP contribution < -0.4 is 16.9 Å². The minimum absolute atomic E-state index is 0.165. The third-order valence-electron chi connectivity index (χ3n) is 2.28. The molecular weight excluding hydrogens is 286 g/mol. The fourth-order valence-electron chi connectivity index (χ4n) is 1.43. The number of non-ortho nitro benzene ring substituents is 1. The Bertz CT molecular complexity index is 797. The number of nitrogens with two attached hydrogens (primary N) is 1. The van der Waals surface area contributed by atoms with Gasteiger partial charge in [-0.3, -0.25) is 29.5 Å². The van der Waals surface area contributed by atoms with E-state index in [4.69, 9.17) is 5.73 Å². The van der Waals surface area contributed by atoms with Crippen molar-refractivity contribution in [3.8, 4) is 0 Å². The highest BCUT2D eigenvalue weighted by Gasteiger charge is 2.12. The number of nitro groups is 1. The highest BCUT2D eigenvalue weighted by molar-refractivity contribution is 7.99. The van der Waals surface area contributed by atoms with Crippen LogP contribution in [0.1, 0.15) is 0 Å². The largest absolute Gasteiger partial charge is 0.398 e. The summed E-state index contributed by atoms with van der Waals surface area (Å²) in [7, 11) is 1.50. The zero-order chi connectivity index (χ0) is 14.9. The molecule has 1 aromatic heterocycles. The van der Waals surface area contributed by atoms with Gasteiger partial charge in [-0.15, -0.1) is 0 Å². The number of anilines is 1. The maximum Gasteiger partial charge on any atom is 0.339 e. The molecule has 0 aliphatic rings. The van der Waals surface area contributed by atoms with Crippen molar-refractivity contribution < 1.29 is 4.92 Å². The number of nitrogens with zero attached hydrogens (tertiary/aromatic N) is 3. The molecule has 9 nitrogen and oxygen atoms in total. The van der Waals surface area contributed by atoms with E-state index in [-0.39, 0.29) is 16.5 Å². The first-order chi connectivity index (χ1) is 9.36. The van der Waals surface area contributed by atoms with Gasteiger partial charge in [-0.05, 0) is 17.8 Å². The normalized spacial score (nSPS) is 10.4. The lowest BCUT2D eigenvalue weighted by molar-refractivity contribution is -0.385. The lowest BCUT2D eigenvalue weighted by Gasteiger charge is -2.06. The van der Waals surface area contributed by atoms with Crippen LogP contribution >= 0.6 is 11.8 Å². The van der Waals surface area contributed by atoms with Crippen LogP contribution in [0.4, 0.5) is 11.4 Å². The van der Waals surface area contributed by atoms with E-state index in [9.17, 15) is 19.7 Å². The summed E-state index contributed by atoms with van der Waals surface area (Å²) in [4.78, 5) is 36.5. The van der Waals surface area contributed by atoms with Crippen LogP contribution in [-0.2, 0) is 7.05 Å². The molecule has 0 fully saturated rings. The van der Waals surface area contributed by atoms with Crippen molar-refractivity contribution in [3.63, 3.8) is 0 Å². The molecule has 2 aromatic rings. The van der Waals surface area contributed by atoms with Crippen LogP contribution in [0.25, 0.3) is 0 Å². The molecule has 10 heteroatoms. The van der Waals surface area contributed by atoms with E-state index in [1.807, 2.05) is 0 Å². The van der Waals surface area contributed by atoms with E-state index in [0.29, 0.717) is 4.90 Å². The second-order valence-electron chi connectivity index (χ2n) is 3.82. The third-order valence-corrected chi connectivity index (χ3v) is 3.30. The lowest BCUT2D eigenvalue weighted by Crippen LogP contribution is -2.33. The molecule has 104 valence electrons. The number of hydrogen-bond acceptors (Lipinski definition) is 7. The molecule has 2 rings (SSSR count). The quantitative estimate of drug-likeness (QED) is 0.355.